The Morgan fingerprint density at radius 1 is 1.39 bits per heavy atom. The van der Waals surface area contributed by atoms with E-state index in [1.807, 2.05) is 12.1 Å². The predicted octanol–water partition coefficient (Wildman–Crippen LogP) is 2.00. The van der Waals surface area contributed by atoms with Gasteiger partial charge >= 0.3 is 0 Å². The predicted molar refractivity (Wildman–Crippen MR) is 86.3 cm³/mol. The summed E-state index contributed by atoms with van der Waals surface area (Å²) in [5.74, 6) is 0.875. The highest BCUT2D eigenvalue weighted by Gasteiger charge is 2.25. The SMILES string of the molecule is CCc1ccc(-c2noc(CN3CCC[C@@H](C(N)=O)C3)n2)cc1. The maximum atomic E-state index is 11.3. The Hall–Kier alpha value is -2.21. The fraction of sp³-hybridized carbons (Fsp3) is 0.471. The number of amides is 1. The van der Waals surface area contributed by atoms with E-state index in [2.05, 4.69) is 34.1 Å². The van der Waals surface area contributed by atoms with Gasteiger partial charge in [0.15, 0.2) is 0 Å². The molecule has 1 saturated heterocycles. The van der Waals surface area contributed by atoms with E-state index in [1.54, 1.807) is 0 Å². The molecule has 2 N–H and O–H groups in total. The van der Waals surface area contributed by atoms with Gasteiger partial charge in [-0.25, -0.2) is 0 Å². The zero-order valence-electron chi connectivity index (χ0n) is 13.4. The second-order valence-corrected chi connectivity index (χ2v) is 6.04. The van der Waals surface area contributed by atoms with E-state index < -0.39 is 0 Å². The molecular formula is C17H22N4O2. The number of rotatable bonds is 5. The zero-order chi connectivity index (χ0) is 16.2. The summed E-state index contributed by atoms with van der Waals surface area (Å²) in [6.45, 7) is 4.27. The Morgan fingerprint density at radius 2 is 2.17 bits per heavy atom. The van der Waals surface area contributed by atoms with Gasteiger partial charge < -0.3 is 10.3 Å². The maximum Gasteiger partial charge on any atom is 0.241 e. The number of carbonyl (C=O) groups excluding carboxylic acids is 1. The number of carbonyl (C=O) groups is 1. The van der Waals surface area contributed by atoms with Gasteiger partial charge in [-0.15, -0.1) is 0 Å². The van der Waals surface area contributed by atoms with E-state index in [1.165, 1.54) is 5.56 Å². The normalized spacial score (nSPS) is 18.9. The minimum Gasteiger partial charge on any atom is -0.369 e. The van der Waals surface area contributed by atoms with Crippen LogP contribution in [0.4, 0.5) is 0 Å². The molecule has 1 aliphatic heterocycles. The third kappa shape index (κ3) is 3.76. The molecule has 1 atom stereocenters. The van der Waals surface area contributed by atoms with E-state index >= 15 is 0 Å². The second-order valence-electron chi connectivity index (χ2n) is 6.04. The van der Waals surface area contributed by atoms with Crippen LogP contribution in [0.25, 0.3) is 11.4 Å². The van der Waals surface area contributed by atoms with Crippen molar-refractivity contribution in [1.82, 2.24) is 15.0 Å². The number of aryl methyl sites for hydroxylation is 1. The maximum absolute atomic E-state index is 11.3. The Bertz CT molecular complexity index is 665. The molecule has 23 heavy (non-hydrogen) atoms. The molecule has 3 rings (SSSR count). The summed E-state index contributed by atoms with van der Waals surface area (Å²) in [5.41, 5.74) is 7.64. The highest BCUT2D eigenvalue weighted by molar-refractivity contribution is 5.76. The van der Waals surface area contributed by atoms with Crippen molar-refractivity contribution in [3.63, 3.8) is 0 Å². The highest BCUT2D eigenvalue weighted by atomic mass is 16.5. The molecule has 6 heteroatoms. The molecule has 2 heterocycles. The number of likely N-dealkylation sites (tertiary alicyclic amines) is 1. The zero-order valence-corrected chi connectivity index (χ0v) is 13.4. The van der Waals surface area contributed by atoms with Crippen molar-refractivity contribution in [2.75, 3.05) is 13.1 Å². The molecule has 0 bridgehead atoms. The highest BCUT2D eigenvalue weighted by Crippen LogP contribution is 2.20. The van der Waals surface area contributed by atoms with Crippen molar-refractivity contribution in [2.24, 2.45) is 11.7 Å². The van der Waals surface area contributed by atoms with Crippen molar-refractivity contribution in [2.45, 2.75) is 32.7 Å². The van der Waals surface area contributed by atoms with Crippen molar-refractivity contribution in [3.05, 3.63) is 35.7 Å². The molecule has 0 unspecified atom stereocenters. The van der Waals surface area contributed by atoms with Crippen molar-refractivity contribution < 1.29 is 9.32 Å². The van der Waals surface area contributed by atoms with E-state index in [9.17, 15) is 4.79 Å². The Kier molecular flexibility index (Phi) is 4.71. The number of hydrogen-bond donors (Lipinski definition) is 1. The first kappa shape index (κ1) is 15.7. The Morgan fingerprint density at radius 3 is 2.87 bits per heavy atom. The molecular weight excluding hydrogens is 292 g/mol. The molecule has 0 aliphatic carbocycles. The Balaban J connectivity index is 1.65. The van der Waals surface area contributed by atoms with Crippen LogP contribution in [0.2, 0.25) is 0 Å². The van der Waals surface area contributed by atoms with Crippen LogP contribution >= 0.6 is 0 Å². The van der Waals surface area contributed by atoms with Gasteiger partial charge in [0, 0.05) is 12.1 Å². The lowest BCUT2D eigenvalue weighted by molar-refractivity contribution is -0.123. The molecule has 1 aliphatic rings. The molecule has 1 aromatic carbocycles. The Labute approximate surface area is 135 Å². The summed E-state index contributed by atoms with van der Waals surface area (Å²) in [4.78, 5) is 18.0. The lowest BCUT2D eigenvalue weighted by Gasteiger charge is -2.29. The third-order valence-corrected chi connectivity index (χ3v) is 4.36. The number of piperidine rings is 1. The molecule has 6 nitrogen and oxygen atoms in total. The average molecular weight is 314 g/mol. The molecule has 0 saturated carbocycles. The fourth-order valence-corrected chi connectivity index (χ4v) is 2.95. The monoisotopic (exact) mass is 314 g/mol. The van der Waals surface area contributed by atoms with Crippen LogP contribution in [0.5, 0.6) is 0 Å². The van der Waals surface area contributed by atoms with Crippen LogP contribution in [0, 0.1) is 5.92 Å². The topological polar surface area (TPSA) is 85.3 Å². The second kappa shape index (κ2) is 6.91. The quantitative estimate of drug-likeness (QED) is 0.912. The number of benzene rings is 1. The first-order valence-corrected chi connectivity index (χ1v) is 8.09. The molecule has 1 amide bonds. The molecule has 2 aromatic rings. The smallest absolute Gasteiger partial charge is 0.241 e. The summed E-state index contributed by atoms with van der Waals surface area (Å²) >= 11 is 0. The van der Waals surface area contributed by atoms with Crippen LogP contribution in [-0.2, 0) is 17.8 Å². The lowest BCUT2D eigenvalue weighted by Crippen LogP contribution is -2.40. The van der Waals surface area contributed by atoms with Gasteiger partial charge in [0.1, 0.15) is 0 Å². The van der Waals surface area contributed by atoms with Gasteiger partial charge in [-0.2, -0.15) is 4.98 Å². The minimum absolute atomic E-state index is 0.0762. The van der Waals surface area contributed by atoms with Gasteiger partial charge in [-0.05, 0) is 31.4 Å². The van der Waals surface area contributed by atoms with E-state index in [4.69, 9.17) is 10.3 Å². The number of nitrogens with zero attached hydrogens (tertiary/aromatic N) is 3. The molecule has 122 valence electrons. The van der Waals surface area contributed by atoms with Crippen LogP contribution in [0.1, 0.15) is 31.2 Å². The molecule has 0 radical (unpaired) electrons. The van der Waals surface area contributed by atoms with E-state index in [-0.39, 0.29) is 11.8 Å². The number of aromatic nitrogens is 2. The van der Waals surface area contributed by atoms with E-state index in [0.717, 1.165) is 31.4 Å². The molecule has 0 spiro atoms. The molecule has 1 fully saturated rings. The summed E-state index contributed by atoms with van der Waals surface area (Å²) < 4.78 is 5.36. The van der Waals surface area contributed by atoms with Crippen LogP contribution in [0.3, 0.4) is 0 Å². The largest absolute Gasteiger partial charge is 0.369 e. The fourth-order valence-electron chi connectivity index (χ4n) is 2.95. The van der Waals surface area contributed by atoms with Gasteiger partial charge in [0.05, 0.1) is 12.5 Å². The van der Waals surface area contributed by atoms with Crippen LogP contribution < -0.4 is 5.73 Å². The van der Waals surface area contributed by atoms with Crippen molar-refractivity contribution >= 4 is 5.91 Å². The number of nitrogens with two attached hydrogens (primary N) is 1. The summed E-state index contributed by atoms with van der Waals surface area (Å²) in [5, 5.41) is 4.06. The summed E-state index contributed by atoms with van der Waals surface area (Å²) in [7, 11) is 0. The number of primary amides is 1. The first-order valence-electron chi connectivity index (χ1n) is 8.09. The van der Waals surface area contributed by atoms with Gasteiger partial charge in [-0.1, -0.05) is 36.3 Å². The van der Waals surface area contributed by atoms with Gasteiger partial charge in [-0.3, -0.25) is 9.69 Å². The first-order chi connectivity index (χ1) is 11.2. The van der Waals surface area contributed by atoms with Crippen LogP contribution in [-0.4, -0.2) is 34.0 Å². The average Bonchev–Trinajstić information content (AvgIpc) is 3.03. The van der Waals surface area contributed by atoms with Gasteiger partial charge in [0.25, 0.3) is 0 Å². The van der Waals surface area contributed by atoms with Crippen molar-refractivity contribution in [1.29, 1.82) is 0 Å². The van der Waals surface area contributed by atoms with E-state index in [0.29, 0.717) is 24.8 Å². The molecule has 1 aromatic heterocycles. The lowest BCUT2D eigenvalue weighted by atomic mass is 9.97. The van der Waals surface area contributed by atoms with Crippen LogP contribution in [0.15, 0.2) is 28.8 Å². The minimum atomic E-state index is -0.225. The van der Waals surface area contributed by atoms with Crippen molar-refractivity contribution in [3.8, 4) is 11.4 Å². The third-order valence-electron chi connectivity index (χ3n) is 4.36. The number of hydrogen-bond acceptors (Lipinski definition) is 5. The van der Waals surface area contributed by atoms with Gasteiger partial charge in [0.2, 0.25) is 17.6 Å². The summed E-state index contributed by atoms with van der Waals surface area (Å²) in [6, 6.07) is 8.18. The standard InChI is InChI=1S/C17H22N4O2/c1-2-12-5-7-13(8-6-12)17-19-15(23-20-17)11-21-9-3-4-14(10-21)16(18)22/h5-8,14H,2-4,9-11H2,1H3,(H2,18,22)/t14-/m1/s1. The summed E-state index contributed by atoms with van der Waals surface area (Å²) in [6.07, 6.45) is 2.84.